The minimum absolute atomic E-state index is 0.0860. The maximum Gasteiger partial charge on any atom is 0.228 e. The predicted molar refractivity (Wildman–Crippen MR) is 184 cm³/mol. The second-order valence-corrected chi connectivity index (χ2v) is 13.2. The van der Waals surface area contributed by atoms with Crippen LogP contribution in [0.5, 0.6) is 0 Å². The van der Waals surface area contributed by atoms with Crippen molar-refractivity contribution >= 4 is 29.2 Å². The van der Waals surface area contributed by atoms with Crippen LogP contribution in [0.4, 0.5) is 11.4 Å². The molecule has 1 N–H and O–H groups in total. The maximum atomic E-state index is 14.0. The third-order valence-corrected chi connectivity index (χ3v) is 9.57. The molecule has 0 radical (unpaired) electrons. The number of benzene rings is 3. The fourth-order valence-corrected chi connectivity index (χ4v) is 6.71. The molecule has 0 bridgehead atoms. The van der Waals surface area contributed by atoms with Gasteiger partial charge in [-0.15, -0.1) is 0 Å². The number of rotatable bonds is 9. The quantitative estimate of drug-likeness (QED) is 0.195. The molecule has 4 aromatic rings. The number of anilines is 2. The number of aromatic nitrogens is 2. The van der Waals surface area contributed by atoms with E-state index in [0.29, 0.717) is 13.0 Å². The normalized spacial score (nSPS) is 16.0. The summed E-state index contributed by atoms with van der Waals surface area (Å²) in [6.07, 6.45) is 6.36. The van der Waals surface area contributed by atoms with E-state index in [4.69, 9.17) is 0 Å². The highest BCUT2D eigenvalue weighted by Crippen LogP contribution is 2.48. The van der Waals surface area contributed by atoms with E-state index in [1.807, 2.05) is 36.6 Å². The molecule has 0 spiro atoms. The second kappa shape index (κ2) is 14.3. The Labute approximate surface area is 263 Å². The fourth-order valence-electron chi connectivity index (χ4n) is 5.75. The lowest BCUT2D eigenvalue weighted by Gasteiger charge is -2.38. The molecule has 6 heteroatoms. The van der Waals surface area contributed by atoms with Crippen molar-refractivity contribution in [2.24, 2.45) is 7.05 Å². The van der Waals surface area contributed by atoms with Gasteiger partial charge in [-0.2, -0.15) is 0 Å². The number of aryl methyl sites for hydroxylation is 3. The summed E-state index contributed by atoms with van der Waals surface area (Å²) in [5.41, 5.74) is 8.48. The van der Waals surface area contributed by atoms with Gasteiger partial charge in [-0.3, -0.25) is 4.79 Å². The molecule has 228 valence electrons. The Hall–Kier alpha value is -3.51. The number of nitrogens with zero attached hydrogens (tertiary/aromatic N) is 3. The third kappa shape index (κ3) is 7.91. The number of fused-ring (bicyclic) bond motifs is 1. The van der Waals surface area contributed by atoms with Crippen molar-refractivity contribution in [2.75, 3.05) is 9.62 Å². The summed E-state index contributed by atoms with van der Waals surface area (Å²) in [4.78, 5) is 20.5. The Morgan fingerprint density at radius 3 is 2.49 bits per heavy atom. The fraction of sp³-hybridized carbons (Fsp3) is 0.405. The lowest BCUT2D eigenvalue weighted by atomic mass is 9.72. The highest BCUT2D eigenvalue weighted by molar-refractivity contribution is 8.00. The van der Waals surface area contributed by atoms with E-state index in [1.165, 1.54) is 27.8 Å². The molecule has 3 aromatic carbocycles. The van der Waals surface area contributed by atoms with Crippen LogP contribution in [0.1, 0.15) is 98.7 Å². The zero-order valence-electron chi connectivity index (χ0n) is 27.1. The van der Waals surface area contributed by atoms with Crippen LogP contribution in [0.2, 0.25) is 0 Å². The molecule has 0 fully saturated rings. The summed E-state index contributed by atoms with van der Waals surface area (Å²) in [6.45, 7) is 15.5. The first kappa shape index (κ1) is 32.4. The van der Waals surface area contributed by atoms with Gasteiger partial charge in [0.1, 0.15) is 5.82 Å². The second-order valence-electron chi connectivity index (χ2n) is 12.2. The number of carbonyl (C=O) groups is 1. The standard InChI is InChI=1S/C35H42N4OS.C2H6/c1-24-10-12-27(13-11-24)26(3)21-34(40)39(23-33-36-18-19-38(33)6)29-14-15-31-30(22-29)32(16-17-35(31,4)5)41-37-28-9-7-8-25(2)20-28;1-2/h7-15,18-20,22,26,32,37H,16-17,21,23H2,1-6H3;1-2H3. The minimum atomic E-state index is 0.0860. The van der Waals surface area contributed by atoms with Gasteiger partial charge in [0, 0.05) is 42.5 Å². The Kier molecular flexibility index (Phi) is 10.8. The van der Waals surface area contributed by atoms with Crippen molar-refractivity contribution in [2.45, 2.75) is 90.9 Å². The van der Waals surface area contributed by atoms with Crippen LogP contribution in [0.3, 0.4) is 0 Å². The highest BCUT2D eigenvalue weighted by Gasteiger charge is 2.34. The van der Waals surface area contributed by atoms with E-state index in [0.717, 1.165) is 30.0 Å². The predicted octanol–water partition coefficient (Wildman–Crippen LogP) is 9.66. The Morgan fingerprint density at radius 1 is 1.07 bits per heavy atom. The zero-order valence-corrected chi connectivity index (χ0v) is 28.0. The van der Waals surface area contributed by atoms with Gasteiger partial charge >= 0.3 is 0 Å². The monoisotopic (exact) mass is 596 g/mol. The van der Waals surface area contributed by atoms with Gasteiger partial charge in [0.2, 0.25) is 5.91 Å². The summed E-state index contributed by atoms with van der Waals surface area (Å²) in [7, 11) is 1.99. The third-order valence-electron chi connectivity index (χ3n) is 8.44. The zero-order chi connectivity index (χ0) is 31.1. The topological polar surface area (TPSA) is 50.2 Å². The average Bonchev–Trinajstić information content (AvgIpc) is 3.40. The van der Waals surface area contributed by atoms with Gasteiger partial charge < -0.3 is 14.2 Å². The van der Waals surface area contributed by atoms with Crippen LogP contribution in [-0.2, 0) is 23.8 Å². The van der Waals surface area contributed by atoms with Crippen molar-refractivity contribution in [1.82, 2.24) is 9.55 Å². The summed E-state index contributed by atoms with van der Waals surface area (Å²) in [5.74, 6) is 1.09. The Balaban J connectivity index is 0.00000207. The van der Waals surface area contributed by atoms with Gasteiger partial charge in [-0.1, -0.05) is 82.6 Å². The van der Waals surface area contributed by atoms with Crippen LogP contribution in [-0.4, -0.2) is 15.5 Å². The molecule has 1 aromatic heterocycles. The van der Waals surface area contributed by atoms with Crippen LogP contribution in [0.25, 0.3) is 0 Å². The molecule has 5 nitrogen and oxygen atoms in total. The van der Waals surface area contributed by atoms with Gasteiger partial charge in [0.15, 0.2) is 0 Å². The molecule has 1 aliphatic rings. The lowest BCUT2D eigenvalue weighted by molar-refractivity contribution is -0.119. The number of hydrogen-bond donors (Lipinski definition) is 1. The molecule has 5 rings (SSSR count). The molecule has 0 saturated heterocycles. The number of hydrogen-bond acceptors (Lipinski definition) is 4. The first-order chi connectivity index (χ1) is 20.6. The van der Waals surface area contributed by atoms with Crippen LogP contribution >= 0.6 is 11.9 Å². The van der Waals surface area contributed by atoms with E-state index in [9.17, 15) is 4.79 Å². The van der Waals surface area contributed by atoms with E-state index < -0.39 is 0 Å². The van der Waals surface area contributed by atoms with E-state index in [1.54, 1.807) is 18.1 Å². The van der Waals surface area contributed by atoms with Crippen LogP contribution < -0.4 is 9.62 Å². The average molecular weight is 597 g/mol. The Morgan fingerprint density at radius 2 is 1.81 bits per heavy atom. The number of nitrogens with one attached hydrogen (secondary N) is 1. The minimum Gasteiger partial charge on any atom is -0.337 e. The molecule has 2 unspecified atom stereocenters. The highest BCUT2D eigenvalue weighted by atomic mass is 32.2. The molecule has 0 aliphatic heterocycles. The SMILES string of the molecule is CC.Cc1ccc(C(C)CC(=O)N(Cc2nccn2C)c2ccc3c(c2)C(SNc2cccc(C)c2)CCC3(C)C)cc1. The summed E-state index contributed by atoms with van der Waals surface area (Å²) >= 11 is 1.78. The molecule has 1 amide bonds. The van der Waals surface area contributed by atoms with Crippen molar-refractivity contribution < 1.29 is 4.79 Å². The molecule has 1 aliphatic carbocycles. The van der Waals surface area contributed by atoms with Gasteiger partial charge in [-0.05, 0) is 96.5 Å². The molecule has 1 heterocycles. The number of imidazole rings is 1. The number of amides is 1. The van der Waals surface area contributed by atoms with E-state index >= 15 is 0 Å². The van der Waals surface area contributed by atoms with Crippen LogP contribution in [0, 0.1) is 13.8 Å². The van der Waals surface area contributed by atoms with Gasteiger partial charge in [-0.25, -0.2) is 4.98 Å². The lowest BCUT2D eigenvalue weighted by Crippen LogP contribution is -2.33. The molecule has 0 saturated carbocycles. The van der Waals surface area contributed by atoms with Crippen LogP contribution in [0.15, 0.2) is 79.1 Å². The largest absolute Gasteiger partial charge is 0.337 e. The summed E-state index contributed by atoms with van der Waals surface area (Å²) < 4.78 is 5.61. The van der Waals surface area contributed by atoms with Crippen molar-refractivity contribution in [3.05, 3.63) is 113 Å². The first-order valence-corrected chi connectivity index (χ1v) is 16.4. The van der Waals surface area contributed by atoms with Gasteiger partial charge in [0.05, 0.1) is 6.54 Å². The van der Waals surface area contributed by atoms with Gasteiger partial charge in [0.25, 0.3) is 0 Å². The van der Waals surface area contributed by atoms with E-state index in [2.05, 4.69) is 111 Å². The maximum absolute atomic E-state index is 14.0. The number of carbonyl (C=O) groups excluding carboxylic acids is 1. The molecule has 43 heavy (non-hydrogen) atoms. The summed E-state index contributed by atoms with van der Waals surface area (Å²) in [6, 6.07) is 23.7. The van der Waals surface area contributed by atoms with Crippen molar-refractivity contribution in [3.63, 3.8) is 0 Å². The molecular formula is C37H48N4OS. The first-order valence-electron chi connectivity index (χ1n) is 15.6. The van der Waals surface area contributed by atoms with E-state index in [-0.39, 0.29) is 22.5 Å². The molecule has 2 atom stereocenters. The summed E-state index contributed by atoms with van der Waals surface area (Å²) in [5, 5.41) is 0.287. The van der Waals surface area contributed by atoms with Crippen molar-refractivity contribution in [1.29, 1.82) is 0 Å². The molecular weight excluding hydrogens is 549 g/mol. The smallest absolute Gasteiger partial charge is 0.228 e. The van der Waals surface area contributed by atoms with Crippen molar-refractivity contribution in [3.8, 4) is 0 Å². The Bertz CT molecular complexity index is 1510.